The van der Waals surface area contributed by atoms with E-state index < -0.39 is 10.8 Å². The first-order chi connectivity index (χ1) is 4.20. The molecule has 50 valence electrons. The van der Waals surface area contributed by atoms with Crippen molar-refractivity contribution in [3.05, 3.63) is 23.3 Å². The summed E-state index contributed by atoms with van der Waals surface area (Å²) >= 11 is 0. The summed E-state index contributed by atoms with van der Waals surface area (Å²) in [6.07, 6.45) is 0. The number of hydrogen-bond donors (Lipinski definition) is 0. The number of allylic oxidation sites excluding steroid dienone is 1. The molecule has 1 heterocycles. The van der Waals surface area contributed by atoms with E-state index in [1.54, 1.807) is 5.41 Å². The highest BCUT2D eigenvalue weighted by Crippen LogP contribution is 2.15. The lowest BCUT2D eigenvalue weighted by Gasteiger charge is -1.97. The molecule has 0 N–H and O–H groups in total. The molecule has 2 nitrogen and oxygen atoms in total. The van der Waals surface area contributed by atoms with Crippen LogP contribution in [0.1, 0.15) is 6.92 Å². The Hall–Kier alpha value is -0.570. The van der Waals surface area contributed by atoms with E-state index in [1.165, 1.54) is 0 Å². The molecule has 1 unspecified atom stereocenters. The van der Waals surface area contributed by atoms with Crippen LogP contribution in [0.2, 0.25) is 0 Å². The van der Waals surface area contributed by atoms with E-state index in [1.807, 2.05) is 6.92 Å². The molecule has 0 saturated heterocycles. The van der Waals surface area contributed by atoms with E-state index in [0.29, 0.717) is 11.7 Å². The fraction of sp³-hybridized carbons (Fsp3) is 0.333. The van der Waals surface area contributed by atoms with Crippen LogP contribution in [-0.4, -0.2) is 10.1 Å². The zero-order valence-electron chi connectivity index (χ0n) is 5.22. The normalized spacial score (nSPS) is 25.0. The van der Waals surface area contributed by atoms with Gasteiger partial charge in [0.15, 0.2) is 5.94 Å². The van der Waals surface area contributed by atoms with Gasteiger partial charge in [-0.2, -0.15) is 0 Å². The topological polar surface area (TPSA) is 26.3 Å². The summed E-state index contributed by atoms with van der Waals surface area (Å²) < 4.78 is 15.6. The molecule has 1 rings (SSSR count). The van der Waals surface area contributed by atoms with E-state index in [2.05, 4.69) is 6.58 Å². The van der Waals surface area contributed by atoms with Gasteiger partial charge in [-0.15, -0.1) is 0 Å². The van der Waals surface area contributed by atoms with Gasteiger partial charge < -0.3 is 4.74 Å². The van der Waals surface area contributed by atoms with Crippen molar-refractivity contribution >= 4 is 10.8 Å². The van der Waals surface area contributed by atoms with Crippen LogP contribution >= 0.6 is 0 Å². The average molecular weight is 144 g/mol. The molecule has 0 aromatic carbocycles. The summed E-state index contributed by atoms with van der Waals surface area (Å²) in [6, 6.07) is 0. The first-order valence-electron chi connectivity index (χ1n) is 2.58. The molecule has 0 saturated carbocycles. The Balaban J connectivity index is 2.74. The maximum Gasteiger partial charge on any atom is 0.167 e. The molecule has 1 aliphatic rings. The highest BCUT2D eigenvalue weighted by molar-refractivity contribution is 7.88. The summed E-state index contributed by atoms with van der Waals surface area (Å²) in [5, 5.41) is 1.59. The summed E-state index contributed by atoms with van der Waals surface area (Å²) in [4.78, 5) is 0. The van der Waals surface area contributed by atoms with Gasteiger partial charge in [0, 0.05) is 5.41 Å². The quantitative estimate of drug-likeness (QED) is 0.551. The number of rotatable bonds is 1. The summed E-state index contributed by atoms with van der Waals surface area (Å²) in [6.45, 7) is 5.47. The molecule has 9 heavy (non-hydrogen) atoms. The van der Waals surface area contributed by atoms with Crippen molar-refractivity contribution in [2.75, 3.05) is 5.94 Å². The van der Waals surface area contributed by atoms with Gasteiger partial charge in [0.1, 0.15) is 5.76 Å². The molecule has 1 atom stereocenters. The lowest BCUT2D eigenvalue weighted by Crippen LogP contribution is -1.87. The highest BCUT2D eigenvalue weighted by Gasteiger charge is 2.10. The fourth-order valence-corrected chi connectivity index (χ4v) is 1.35. The standard InChI is InChI=1S/C6H8O2S/c1-5(2)6-3-9(7)4-8-6/h3H,1,4H2,2H3. The second-order valence-electron chi connectivity index (χ2n) is 1.91. The maximum absolute atomic E-state index is 10.6. The Kier molecular flexibility index (Phi) is 1.71. The predicted octanol–water partition coefficient (Wildman–Crippen LogP) is 1.14. The maximum atomic E-state index is 10.6. The first kappa shape index (κ1) is 6.55. The van der Waals surface area contributed by atoms with Gasteiger partial charge in [0.05, 0.1) is 10.8 Å². The molecule has 0 amide bonds. The van der Waals surface area contributed by atoms with Crippen LogP contribution in [0.3, 0.4) is 0 Å². The van der Waals surface area contributed by atoms with Gasteiger partial charge in [-0.05, 0) is 12.5 Å². The number of hydrogen-bond acceptors (Lipinski definition) is 2. The minimum Gasteiger partial charge on any atom is -0.479 e. The Bertz CT molecular complexity index is 193. The Morgan fingerprint density at radius 3 is 2.89 bits per heavy atom. The van der Waals surface area contributed by atoms with Crippen molar-refractivity contribution in [2.45, 2.75) is 6.92 Å². The molecule has 0 radical (unpaired) electrons. The van der Waals surface area contributed by atoms with Gasteiger partial charge in [0.2, 0.25) is 0 Å². The van der Waals surface area contributed by atoms with Crippen molar-refractivity contribution in [2.24, 2.45) is 0 Å². The van der Waals surface area contributed by atoms with E-state index >= 15 is 0 Å². The molecule has 0 bridgehead atoms. The third-order valence-electron chi connectivity index (χ3n) is 0.990. The third-order valence-corrected chi connectivity index (χ3v) is 1.82. The lowest BCUT2D eigenvalue weighted by atomic mass is 10.3. The average Bonchev–Trinajstić information content (AvgIpc) is 2.14. The van der Waals surface area contributed by atoms with E-state index in [0.717, 1.165) is 5.57 Å². The molecule has 0 spiro atoms. The monoisotopic (exact) mass is 144 g/mol. The van der Waals surface area contributed by atoms with E-state index in [4.69, 9.17) is 4.74 Å². The molecule has 1 aliphatic heterocycles. The van der Waals surface area contributed by atoms with Crippen molar-refractivity contribution in [3.8, 4) is 0 Å². The van der Waals surface area contributed by atoms with Crippen LogP contribution in [0.4, 0.5) is 0 Å². The van der Waals surface area contributed by atoms with Crippen molar-refractivity contribution < 1.29 is 8.95 Å². The SMILES string of the molecule is C=C(C)C1=CS(=O)CO1. The highest BCUT2D eigenvalue weighted by atomic mass is 32.2. The largest absolute Gasteiger partial charge is 0.479 e. The minimum atomic E-state index is -0.919. The van der Waals surface area contributed by atoms with E-state index in [-0.39, 0.29) is 0 Å². The van der Waals surface area contributed by atoms with Crippen molar-refractivity contribution in [1.29, 1.82) is 0 Å². The van der Waals surface area contributed by atoms with Gasteiger partial charge in [-0.3, -0.25) is 4.21 Å². The van der Waals surface area contributed by atoms with Crippen LogP contribution in [-0.2, 0) is 15.5 Å². The third kappa shape index (κ3) is 1.42. The second-order valence-corrected chi connectivity index (χ2v) is 3.14. The Morgan fingerprint density at radius 1 is 2.00 bits per heavy atom. The molecule has 0 aliphatic carbocycles. The molecule has 0 aromatic rings. The molecule has 0 fully saturated rings. The van der Waals surface area contributed by atoms with Crippen LogP contribution in [0.5, 0.6) is 0 Å². The molecule has 3 heteroatoms. The van der Waals surface area contributed by atoms with Crippen molar-refractivity contribution in [1.82, 2.24) is 0 Å². The summed E-state index contributed by atoms with van der Waals surface area (Å²) in [7, 11) is -0.919. The smallest absolute Gasteiger partial charge is 0.167 e. The van der Waals surface area contributed by atoms with Crippen LogP contribution in [0.15, 0.2) is 23.3 Å². The van der Waals surface area contributed by atoms with Crippen LogP contribution in [0.25, 0.3) is 0 Å². The Morgan fingerprint density at radius 2 is 2.67 bits per heavy atom. The van der Waals surface area contributed by atoms with Crippen molar-refractivity contribution in [3.63, 3.8) is 0 Å². The zero-order valence-corrected chi connectivity index (χ0v) is 6.03. The van der Waals surface area contributed by atoms with Gasteiger partial charge in [0.25, 0.3) is 0 Å². The minimum absolute atomic E-state index is 0.294. The van der Waals surface area contributed by atoms with Gasteiger partial charge >= 0.3 is 0 Å². The van der Waals surface area contributed by atoms with Crippen LogP contribution < -0.4 is 0 Å². The van der Waals surface area contributed by atoms with Gasteiger partial charge in [-0.25, -0.2) is 0 Å². The zero-order chi connectivity index (χ0) is 6.85. The van der Waals surface area contributed by atoms with Gasteiger partial charge in [-0.1, -0.05) is 6.58 Å². The van der Waals surface area contributed by atoms with E-state index in [9.17, 15) is 4.21 Å². The van der Waals surface area contributed by atoms with Crippen LogP contribution in [0, 0.1) is 0 Å². The molecular weight excluding hydrogens is 136 g/mol. The number of ether oxygens (including phenoxy) is 1. The summed E-state index contributed by atoms with van der Waals surface area (Å²) in [5.41, 5.74) is 0.834. The summed E-state index contributed by atoms with van der Waals surface area (Å²) in [5.74, 6) is 0.968. The molecule has 0 aromatic heterocycles. The fourth-order valence-electron chi connectivity index (χ4n) is 0.533. The Labute approximate surface area is 56.7 Å². The first-order valence-corrected chi connectivity index (χ1v) is 3.96. The second kappa shape index (κ2) is 2.35. The predicted molar refractivity (Wildman–Crippen MR) is 37.0 cm³/mol. The molecular formula is C6H8O2S. The lowest BCUT2D eigenvalue weighted by molar-refractivity contribution is 0.288.